The van der Waals surface area contributed by atoms with Crippen LogP contribution in [0.2, 0.25) is 0 Å². The Kier molecular flexibility index (Phi) is 3.16. The molecule has 2 aromatic rings. The molecule has 0 aliphatic carbocycles. The molecule has 0 N–H and O–H groups in total. The van der Waals surface area contributed by atoms with Crippen LogP contribution in [0.25, 0.3) is 5.69 Å². The van der Waals surface area contributed by atoms with E-state index in [1.807, 2.05) is 30.3 Å². The van der Waals surface area contributed by atoms with Gasteiger partial charge in [-0.05, 0) is 22.6 Å². The van der Waals surface area contributed by atoms with Gasteiger partial charge >= 0.3 is 22.4 Å². The molecular formula is C7H6AgN4+. The average Bonchev–Trinajstić information content (AvgIpc) is 2.58. The summed E-state index contributed by atoms with van der Waals surface area (Å²) >= 11 is 0. The van der Waals surface area contributed by atoms with Crippen LogP contribution in [0.1, 0.15) is 0 Å². The van der Waals surface area contributed by atoms with Crippen LogP contribution >= 0.6 is 0 Å². The molecule has 0 atom stereocenters. The fraction of sp³-hybridized carbons (Fsp3) is 0. The Morgan fingerprint density at radius 3 is 2.42 bits per heavy atom. The van der Waals surface area contributed by atoms with Crippen molar-refractivity contribution >= 4 is 0 Å². The summed E-state index contributed by atoms with van der Waals surface area (Å²) in [7, 11) is 0. The molecule has 0 unspecified atom stereocenters. The Balaban J connectivity index is 0.000000720. The van der Waals surface area contributed by atoms with Gasteiger partial charge in [0.2, 0.25) is 0 Å². The second-order valence-corrected chi connectivity index (χ2v) is 2.09. The smallest absolute Gasteiger partial charge is 0.201 e. The van der Waals surface area contributed by atoms with E-state index in [4.69, 9.17) is 0 Å². The van der Waals surface area contributed by atoms with Crippen LogP contribution in [0.3, 0.4) is 0 Å². The first kappa shape index (κ1) is 9.12. The molecule has 0 bridgehead atoms. The summed E-state index contributed by atoms with van der Waals surface area (Å²) in [5.74, 6) is 0. The largest absolute Gasteiger partial charge is 1.00 e. The van der Waals surface area contributed by atoms with Crippen LogP contribution in [-0.4, -0.2) is 20.2 Å². The summed E-state index contributed by atoms with van der Waals surface area (Å²) in [4.78, 5) is 0. The van der Waals surface area contributed by atoms with Crippen molar-refractivity contribution in [2.75, 3.05) is 0 Å². The maximum Gasteiger partial charge on any atom is 1.00 e. The number of nitrogens with zero attached hydrogens (tertiary/aromatic N) is 4. The van der Waals surface area contributed by atoms with Crippen molar-refractivity contribution in [3.63, 3.8) is 0 Å². The van der Waals surface area contributed by atoms with Crippen LogP contribution in [0, 0.1) is 0 Å². The summed E-state index contributed by atoms with van der Waals surface area (Å²) in [6.45, 7) is 0. The quantitative estimate of drug-likeness (QED) is 0.702. The van der Waals surface area contributed by atoms with E-state index in [0.717, 1.165) is 5.69 Å². The van der Waals surface area contributed by atoms with Gasteiger partial charge in [0.25, 0.3) is 0 Å². The van der Waals surface area contributed by atoms with Crippen molar-refractivity contribution in [1.29, 1.82) is 0 Å². The molecule has 0 saturated carbocycles. The molecule has 0 fully saturated rings. The van der Waals surface area contributed by atoms with Gasteiger partial charge in [0.15, 0.2) is 0 Å². The predicted octanol–water partition coefficient (Wildman–Crippen LogP) is 0.660. The van der Waals surface area contributed by atoms with E-state index in [2.05, 4.69) is 15.5 Å². The van der Waals surface area contributed by atoms with Crippen LogP contribution in [0.15, 0.2) is 36.7 Å². The number of hydrogen-bond acceptors (Lipinski definition) is 3. The Morgan fingerprint density at radius 1 is 1.08 bits per heavy atom. The van der Waals surface area contributed by atoms with Crippen molar-refractivity contribution in [1.82, 2.24) is 20.2 Å². The minimum absolute atomic E-state index is 0. The van der Waals surface area contributed by atoms with Crippen LogP contribution < -0.4 is 0 Å². The van der Waals surface area contributed by atoms with E-state index in [-0.39, 0.29) is 22.4 Å². The molecule has 0 aliphatic rings. The van der Waals surface area contributed by atoms with E-state index in [0.29, 0.717) is 0 Å². The molecule has 4 nitrogen and oxygen atoms in total. The van der Waals surface area contributed by atoms with E-state index < -0.39 is 0 Å². The maximum atomic E-state index is 3.74. The van der Waals surface area contributed by atoms with Gasteiger partial charge < -0.3 is 0 Å². The zero-order valence-corrected chi connectivity index (χ0v) is 7.54. The monoisotopic (exact) mass is 253 g/mol. The summed E-state index contributed by atoms with van der Waals surface area (Å²) in [6, 6.07) is 9.72. The Bertz CT molecular complexity index is 318. The molecule has 2 rings (SSSR count). The van der Waals surface area contributed by atoms with Gasteiger partial charge in [-0.25, -0.2) is 4.68 Å². The summed E-state index contributed by atoms with van der Waals surface area (Å²) in [5, 5.41) is 10.8. The summed E-state index contributed by atoms with van der Waals surface area (Å²) in [5.41, 5.74) is 0.970. The van der Waals surface area contributed by atoms with Gasteiger partial charge in [-0.3, -0.25) is 0 Å². The van der Waals surface area contributed by atoms with Gasteiger partial charge in [0.05, 0.1) is 5.69 Å². The third-order valence-electron chi connectivity index (χ3n) is 1.37. The van der Waals surface area contributed by atoms with Crippen molar-refractivity contribution in [2.45, 2.75) is 0 Å². The molecule has 0 radical (unpaired) electrons. The number of tetrazole rings is 1. The van der Waals surface area contributed by atoms with Gasteiger partial charge in [-0.1, -0.05) is 18.2 Å². The molecule has 1 aromatic carbocycles. The molecule has 0 aliphatic heterocycles. The SMILES string of the molecule is [Ag+].c1ccc(-n2cnnn2)cc1. The second kappa shape index (κ2) is 4.16. The minimum atomic E-state index is 0. The molecule has 1 heterocycles. The van der Waals surface area contributed by atoms with E-state index in [1.54, 1.807) is 11.0 Å². The Morgan fingerprint density at radius 2 is 1.83 bits per heavy atom. The Labute approximate surface area is 85.1 Å². The first-order valence-electron chi connectivity index (χ1n) is 3.25. The van der Waals surface area contributed by atoms with Crippen LogP contribution in [0.5, 0.6) is 0 Å². The van der Waals surface area contributed by atoms with Gasteiger partial charge in [0.1, 0.15) is 6.33 Å². The fourth-order valence-corrected chi connectivity index (χ4v) is 0.860. The first-order valence-corrected chi connectivity index (χ1v) is 3.25. The van der Waals surface area contributed by atoms with Crippen molar-refractivity contribution in [3.05, 3.63) is 36.7 Å². The molecule has 64 valence electrons. The third kappa shape index (κ3) is 1.79. The van der Waals surface area contributed by atoms with Crippen molar-refractivity contribution in [2.24, 2.45) is 0 Å². The molecule has 1 aromatic heterocycles. The number of benzene rings is 1. The normalized spacial score (nSPS) is 9.00. The maximum absolute atomic E-state index is 3.74. The minimum Gasteiger partial charge on any atom is -0.201 e. The van der Waals surface area contributed by atoms with Crippen LogP contribution in [0.4, 0.5) is 0 Å². The van der Waals surface area contributed by atoms with Crippen LogP contribution in [-0.2, 0) is 22.4 Å². The molecule has 0 amide bonds. The summed E-state index contributed by atoms with van der Waals surface area (Å²) in [6.07, 6.45) is 1.56. The zero-order valence-electron chi connectivity index (χ0n) is 6.05. The summed E-state index contributed by atoms with van der Waals surface area (Å²) < 4.78 is 1.61. The Hall–Kier alpha value is -0.970. The molecular weight excluding hydrogens is 248 g/mol. The second-order valence-electron chi connectivity index (χ2n) is 2.09. The number of rotatable bonds is 1. The van der Waals surface area contributed by atoms with Gasteiger partial charge in [-0.15, -0.1) is 5.10 Å². The van der Waals surface area contributed by atoms with Gasteiger partial charge in [0, 0.05) is 0 Å². The number of para-hydroxylation sites is 1. The molecule has 12 heavy (non-hydrogen) atoms. The van der Waals surface area contributed by atoms with Gasteiger partial charge in [-0.2, -0.15) is 0 Å². The standard InChI is InChI=1S/C7H6N4.Ag/c1-2-4-7(5-3-1)11-6-8-9-10-11;/h1-6H;/q;+1. The van der Waals surface area contributed by atoms with E-state index in [9.17, 15) is 0 Å². The number of aromatic nitrogens is 4. The third-order valence-corrected chi connectivity index (χ3v) is 1.37. The predicted molar refractivity (Wildman–Crippen MR) is 39.2 cm³/mol. The van der Waals surface area contributed by atoms with E-state index >= 15 is 0 Å². The number of hydrogen-bond donors (Lipinski definition) is 0. The van der Waals surface area contributed by atoms with Crippen molar-refractivity contribution in [3.8, 4) is 5.69 Å². The average molecular weight is 254 g/mol. The molecule has 5 heteroatoms. The zero-order chi connectivity index (χ0) is 7.52. The van der Waals surface area contributed by atoms with Crippen molar-refractivity contribution < 1.29 is 22.4 Å². The topological polar surface area (TPSA) is 43.6 Å². The first-order chi connectivity index (χ1) is 5.47. The fourth-order valence-electron chi connectivity index (χ4n) is 0.860. The molecule has 0 saturated heterocycles. The molecule has 0 spiro atoms. The van der Waals surface area contributed by atoms with E-state index in [1.165, 1.54) is 0 Å².